The molecule has 0 spiro atoms. The number of fused-ring (bicyclic) bond motifs is 1. The molecule has 1 unspecified atom stereocenters. The summed E-state index contributed by atoms with van der Waals surface area (Å²) in [4.78, 5) is 38.4. The van der Waals surface area contributed by atoms with Gasteiger partial charge < -0.3 is 19.5 Å². The van der Waals surface area contributed by atoms with E-state index in [0.29, 0.717) is 36.6 Å². The summed E-state index contributed by atoms with van der Waals surface area (Å²) in [6.45, 7) is 9.18. The molecule has 0 fully saturated rings. The van der Waals surface area contributed by atoms with Gasteiger partial charge in [0.2, 0.25) is 0 Å². The SMILES string of the molecule is CCCCOC1=C(N(C)C(=O)O)N(CC(C)(C)C)C=C2CC(=O)C(C=O)C=C21. The largest absolute Gasteiger partial charge is 0.489 e. The van der Waals surface area contributed by atoms with Gasteiger partial charge >= 0.3 is 6.09 Å². The van der Waals surface area contributed by atoms with Crippen molar-refractivity contribution in [2.75, 3.05) is 20.2 Å². The number of ether oxygens (including phenoxy) is 1. The van der Waals surface area contributed by atoms with Crippen molar-refractivity contribution < 1.29 is 24.2 Å². The zero-order valence-corrected chi connectivity index (χ0v) is 17.3. The number of hydrogen-bond acceptors (Lipinski definition) is 5. The molecule has 1 atom stereocenters. The Labute approximate surface area is 166 Å². The minimum atomic E-state index is -1.11. The molecule has 0 radical (unpaired) electrons. The van der Waals surface area contributed by atoms with Crippen LogP contribution in [0.15, 0.2) is 35.0 Å². The second-order valence-corrected chi connectivity index (χ2v) is 8.42. The van der Waals surface area contributed by atoms with E-state index < -0.39 is 12.0 Å². The Kier molecular flexibility index (Phi) is 6.69. The summed E-state index contributed by atoms with van der Waals surface area (Å²) >= 11 is 0. The molecule has 1 aliphatic heterocycles. The molecule has 0 saturated heterocycles. The van der Waals surface area contributed by atoms with Crippen LogP contribution in [0.2, 0.25) is 0 Å². The molecule has 1 aliphatic carbocycles. The molecule has 0 saturated carbocycles. The maximum atomic E-state index is 12.3. The van der Waals surface area contributed by atoms with E-state index in [0.717, 1.165) is 23.3 Å². The first-order valence-electron chi connectivity index (χ1n) is 9.60. The van der Waals surface area contributed by atoms with Gasteiger partial charge in [0.1, 0.15) is 6.29 Å². The fourth-order valence-corrected chi connectivity index (χ4v) is 3.26. The number of carbonyl (C=O) groups is 3. The van der Waals surface area contributed by atoms with Crippen molar-refractivity contribution in [3.8, 4) is 0 Å². The van der Waals surface area contributed by atoms with Crippen LogP contribution in [0.5, 0.6) is 0 Å². The maximum absolute atomic E-state index is 12.3. The van der Waals surface area contributed by atoms with Gasteiger partial charge in [-0.15, -0.1) is 0 Å². The Morgan fingerprint density at radius 1 is 1.43 bits per heavy atom. The van der Waals surface area contributed by atoms with Crippen molar-refractivity contribution in [1.82, 2.24) is 9.80 Å². The first-order valence-corrected chi connectivity index (χ1v) is 9.60. The molecular weight excluding hydrogens is 360 g/mol. The number of Topliss-reactive ketones (excluding diaryl/α,β-unsaturated/α-hetero) is 1. The van der Waals surface area contributed by atoms with Crippen LogP contribution in [-0.2, 0) is 14.3 Å². The van der Waals surface area contributed by atoms with Crippen LogP contribution in [0.1, 0.15) is 47.0 Å². The Morgan fingerprint density at radius 3 is 2.64 bits per heavy atom. The normalized spacial score (nSPS) is 19.7. The second-order valence-electron chi connectivity index (χ2n) is 8.42. The van der Waals surface area contributed by atoms with E-state index in [2.05, 4.69) is 20.8 Å². The highest BCUT2D eigenvalue weighted by atomic mass is 16.5. The van der Waals surface area contributed by atoms with Gasteiger partial charge in [-0.1, -0.05) is 40.2 Å². The quantitative estimate of drug-likeness (QED) is 0.406. The topological polar surface area (TPSA) is 87.2 Å². The fraction of sp³-hybridized carbons (Fsp3) is 0.571. The third-order valence-electron chi connectivity index (χ3n) is 4.60. The molecule has 2 aliphatic rings. The van der Waals surface area contributed by atoms with Crippen LogP contribution in [0.3, 0.4) is 0 Å². The molecule has 2 rings (SSSR count). The number of rotatable bonds is 7. The van der Waals surface area contributed by atoms with Crippen LogP contribution < -0.4 is 0 Å². The van der Waals surface area contributed by atoms with Gasteiger partial charge in [0.15, 0.2) is 17.4 Å². The van der Waals surface area contributed by atoms with Crippen molar-refractivity contribution in [1.29, 1.82) is 0 Å². The van der Waals surface area contributed by atoms with Gasteiger partial charge in [0.05, 0.1) is 12.5 Å². The average molecular weight is 390 g/mol. The van der Waals surface area contributed by atoms with Crippen LogP contribution >= 0.6 is 0 Å². The summed E-state index contributed by atoms with van der Waals surface area (Å²) in [5, 5.41) is 9.64. The number of carboxylic acid groups (broad SMARTS) is 1. The zero-order chi connectivity index (χ0) is 21.1. The third-order valence-corrected chi connectivity index (χ3v) is 4.60. The maximum Gasteiger partial charge on any atom is 0.412 e. The van der Waals surface area contributed by atoms with Gasteiger partial charge in [0, 0.05) is 31.8 Å². The molecule has 1 N–H and O–H groups in total. The minimum Gasteiger partial charge on any atom is -0.489 e. The number of aldehydes is 1. The molecule has 0 aromatic carbocycles. The highest BCUT2D eigenvalue weighted by Crippen LogP contribution is 2.39. The molecule has 7 nitrogen and oxygen atoms in total. The van der Waals surface area contributed by atoms with Crippen molar-refractivity contribution in [3.63, 3.8) is 0 Å². The third kappa shape index (κ3) is 4.82. The van der Waals surface area contributed by atoms with Crippen LogP contribution in [0.4, 0.5) is 4.79 Å². The lowest BCUT2D eigenvalue weighted by Crippen LogP contribution is -2.41. The predicted molar refractivity (Wildman–Crippen MR) is 105 cm³/mol. The highest BCUT2D eigenvalue weighted by molar-refractivity contribution is 5.99. The summed E-state index contributed by atoms with van der Waals surface area (Å²) in [6.07, 6.45) is 4.79. The van der Waals surface area contributed by atoms with Crippen LogP contribution in [-0.4, -0.2) is 53.3 Å². The monoisotopic (exact) mass is 390 g/mol. The molecule has 1 heterocycles. The Morgan fingerprint density at radius 2 is 2.11 bits per heavy atom. The number of amides is 1. The Balaban J connectivity index is 2.63. The van der Waals surface area contributed by atoms with Crippen molar-refractivity contribution in [2.45, 2.75) is 47.0 Å². The van der Waals surface area contributed by atoms with Crippen LogP contribution in [0.25, 0.3) is 0 Å². The molecule has 154 valence electrons. The Bertz CT molecular complexity index is 742. The average Bonchev–Trinajstić information content (AvgIpc) is 2.59. The number of ketones is 1. The summed E-state index contributed by atoms with van der Waals surface area (Å²) in [5.74, 6) is -0.168. The molecule has 0 aromatic rings. The number of hydrogen-bond donors (Lipinski definition) is 1. The van der Waals surface area contributed by atoms with E-state index in [9.17, 15) is 19.5 Å². The van der Waals surface area contributed by atoms with E-state index in [1.807, 2.05) is 18.0 Å². The lowest BCUT2D eigenvalue weighted by molar-refractivity contribution is -0.125. The molecule has 28 heavy (non-hydrogen) atoms. The number of unbranched alkanes of at least 4 members (excludes halogenated alkanes) is 1. The molecule has 1 amide bonds. The van der Waals surface area contributed by atoms with Crippen molar-refractivity contribution >= 4 is 18.2 Å². The van der Waals surface area contributed by atoms with Crippen LogP contribution in [0, 0.1) is 11.3 Å². The summed E-state index contributed by atoms with van der Waals surface area (Å²) < 4.78 is 6.05. The standard InChI is InChI=1S/C21H30N2O5/c1-6-7-8-28-18-16-9-15(12-24)17(25)10-14(16)11-23(13-21(2,3)4)19(18)22(5)20(26)27/h9,11-12,15H,6-8,10,13H2,1-5H3,(H,26,27). The number of allylic oxidation sites excluding steroid dienone is 2. The van der Waals surface area contributed by atoms with Crippen molar-refractivity contribution in [3.05, 3.63) is 35.0 Å². The molecule has 0 bridgehead atoms. The molecular formula is C21H30N2O5. The number of carbonyl (C=O) groups excluding carboxylic acids is 2. The summed E-state index contributed by atoms with van der Waals surface area (Å²) in [5.41, 5.74) is 1.27. The van der Waals surface area contributed by atoms with E-state index in [1.54, 1.807) is 6.08 Å². The van der Waals surface area contributed by atoms with Gasteiger partial charge in [-0.25, -0.2) is 4.79 Å². The molecule has 7 heteroatoms. The molecule has 0 aromatic heterocycles. The van der Waals surface area contributed by atoms with Gasteiger partial charge in [-0.05, 0) is 17.4 Å². The lowest BCUT2D eigenvalue weighted by atomic mass is 9.84. The fourth-order valence-electron chi connectivity index (χ4n) is 3.26. The minimum absolute atomic E-state index is 0.124. The Hall–Kier alpha value is -2.57. The predicted octanol–water partition coefficient (Wildman–Crippen LogP) is 3.54. The summed E-state index contributed by atoms with van der Waals surface area (Å²) in [7, 11) is 1.47. The van der Waals surface area contributed by atoms with Gasteiger partial charge in [-0.3, -0.25) is 9.69 Å². The highest BCUT2D eigenvalue weighted by Gasteiger charge is 2.37. The van der Waals surface area contributed by atoms with E-state index in [-0.39, 0.29) is 17.6 Å². The first-order chi connectivity index (χ1) is 13.1. The van der Waals surface area contributed by atoms with Gasteiger partial charge in [0.25, 0.3) is 0 Å². The smallest absolute Gasteiger partial charge is 0.412 e. The van der Waals surface area contributed by atoms with E-state index in [1.165, 1.54) is 7.05 Å². The summed E-state index contributed by atoms with van der Waals surface area (Å²) in [6, 6.07) is 0. The lowest BCUT2D eigenvalue weighted by Gasteiger charge is -2.39. The van der Waals surface area contributed by atoms with Gasteiger partial charge in [-0.2, -0.15) is 0 Å². The zero-order valence-electron chi connectivity index (χ0n) is 17.3. The van der Waals surface area contributed by atoms with E-state index >= 15 is 0 Å². The van der Waals surface area contributed by atoms with E-state index in [4.69, 9.17) is 4.74 Å². The second kappa shape index (κ2) is 8.63. The number of nitrogens with zero attached hydrogens (tertiary/aromatic N) is 2. The van der Waals surface area contributed by atoms with Crippen molar-refractivity contribution in [2.24, 2.45) is 11.3 Å². The first kappa shape index (κ1) is 21.7.